The van der Waals surface area contributed by atoms with E-state index in [-0.39, 0.29) is 0 Å². The van der Waals surface area contributed by atoms with Gasteiger partial charge >= 0.3 is 0 Å². The minimum atomic E-state index is 0.681. The van der Waals surface area contributed by atoms with Crippen molar-refractivity contribution in [2.24, 2.45) is 5.92 Å². The molecule has 1 aromatic rings. The first kappa shape index (κ1) is 15.5. The predicted molar refractivity (Wildman–Crippen MR) is 81.3 cm³/mol. The fourth-order valence-corrected chi connectivity index (χ4v) is 1.96. The summed E-state index contributed by atoms with van der Waals surface area (Å²) >= 11 is 0. The Kier molecular flexibility index (Phi) is 6.38. The summed E-state index contributed by atoms with van der Waals surface area (Å²) in [6.07, 6.45) is 1.14. The molecule has 0 aliphatic heterocycles. The molecule has 0 saturated heterocycles. The molecule has 1 rings (SSSR count). The van der Waals surface area contributed by atoms with E-state index in [0.717, 1.165) is 37.3 Å². The lowest BCUT2D eigenvalue weighted by molar-refractivity contribution is 0.585. The molecule has 0 aromatic heterocycles. The van der Waals surface area contributed by atoms with Crippen molar-refractivity contribution in [1.82, 2.24) is 5.32 Å². The molecular weight excluding hydrogens is 234 g/mol. The van der Waals surface area contributed by atoms with Gasteiger partial charge in [0.05, 0.1) is 11.3 Å². The molecule has 0 spiro atoms. The Morgan fingerprint density at radius 2 is 2.11 bits per heavy atom. The number of rotatable bonds is 7. The zero-order valence-electron chi connectivity index (χ0n) is 12.5. The maximum absolute atomic E-state index is 9.30. The lowest BCUT2D eigenvalue weighted by Gasteiger charge is -2.22. The van der Waals surface area contributed by atoms with Crippen molar-refractivity contribution in [3.63, 3.8) is 0 Å². The molecule has 1 N–H and O–H groups in total. The molecular formula is C16H25N3. The van der Waals surface area contributed by atoms with Crippen molar-refractivity contribution < 1.29 is 0 Å². The topological polar surface area (TPSA) is 39.1 Å². The summed E-state index contributed by atoms with van der Waals surface area (Å²) in [5, 5.41) is 12.6. The van der Waals surface area contributed by atoms with Crippen LogP contribution < -0.4 is 10.2 Å². The highest BCUT2D eigenvalue weighted by Gasteiger charge is 2.08. The molecule has 0 aliphatic carbocycles. The molecule has 0 unspecified atom stereocenters. The van der Waals surface area contributed by atoms with Crippen LogP contribution in [0, 0.1) is 17.2 Å². The van der Waals surface area contributed by atoms with Gasteiger partial charge in [-0.25, -0.2) is 0 Å². The average Bonchev–Trinajstić information content (AvgIpc) is 2.42. The minimum Gasteiger partial charge on any atom is -0.374 e. The van der Waals surface area contributed by atoms with Crippen LogP contribution >= 0.6 is 0 Å². The standard InChI is InChI=1S/C16H25N3/c1-5-18-12-14-6-7-16(15(10-14)11-17)19(4)9-8-13(2)3/h6-7,10,13,18H,5,8-9,12H2,1-4H3. The third kappa shape index (κ3) is 4.92. The maximum Gasteiger partial charge on any atom is 0.101 e. The highest BCUT2D eigenvalue weighted by atomic mass is 15.1. The van der Waals surface area contributed by atoms with Crippen molar-refractivity contribution >= 4 is 5.69 Å². The van der Waals surface area contributed by atoms with Gasteiger partial charge in [-0.1, -0.05) is 26.8 Å². The molecule has 1 aromatic carbocycles. The average molecular weight is 259 g/mol. The van der Waals surface area contributed by atoms with Gasteiger partial charge in [0.15, 0.2) is 0 Å². The molecule has 0 fully saturated rings. The largest absolute Gasteiger partial charge is 0.374 e. The quantitative estimate of drug-likeness (QED) is 0.817. The number of anilines is 1. The van der Waals surface area contributed by atoms with Gasteiger partial charge in [-0.15, -0.1) is 0 Å². The molecule has 104 valence electrons. The van der Waals surface area contributed by atoms with Crippen LogP contribution in [-0.2, 0) is 6.54 Å². The van der Waals surface area contributed by atoms with Crippen LogP contribution in [0.2, 0.25) is 0 Å². The summed E-state index contributed by atoms with van der Waals surface area (Å²) in [6, 6.07) is 8.46. The van der Waals surface area contributed by atoms with Gasteiger partial charge < -0.3 is 10.2 Å². The Hall–Kier alpha value is -1.53. The lowest BCUT2D eigenvalue weighted by Crippen LogP contribution is -2.21. The number of nitrogens with zero attached hydrogens (tertiary/aromatic N) is 2. The van der Waals surface area contributed by atoms with E-state index in [0.29, 0.717) is 5.92 Å². The molecule has 19 heavy (non-hydrogen) atoms. The van der Waals surface area contributed by atoms with Crippen LogP contribution in [-0.4, -0.2) is 20.1 Å². The molecule has 3 heteroatoms. The van der Waals surface area contributed by atoms with Crippen molar-refractivity contribution in [3.05, 3.63) is 29.3 Å². The molecule has 0 amide bonds. The normalized spacial score (nSPS) is 10.5. The van der Waals surface area contributed by atoms with Crippen LogP contribution in [0.15, 0.2) is 18.2 Å². The van der Waals surface area contributed by atoms with Crippen molar-refractivity contribution in [2.75, 3.05) is 25.0 Å². The van der Waals surface area contributed by atoms with E-state index in [9.17, 15) is 5.26 Å². The first-order valence-corrected chi connectivity index (χ1v) is 7.03. The van der Waals surface area contributed by atoms with E-state index in [1.54, 1.807) is 0 Å². The first-order valence-electron chi connectivity index (χ1n) is 7.03. The Balaban J connectivity index is 2.80. The first-order chi connectivity index (χ1) is 9.08. The highest BCUT2D eigenvalue weighted by molar-refractivity contribution is 5.60. The van der Waals surface area contributed by atoms with E-state index >= 15 is 0 Å². The lowest BCUT2D eigenvalue weighted by atomic mass is 10.1. The Morgan fingerprint density at radius 1 is 1.37 bits per heavy atom. The van der Waals surface area contributed by atoms with Crippen LogP contribution in [0.5, 0.6) is 0 Å². The second kappa shape index (κ2) is 7.81. The SMILES string of the molecule is CCNCc1ccc(N(C)CCC(C)C)c(C#N)c1. The van der Waals surface area contributed by atoms with E-state index < -0.39 is 0 Å². The van der Waals surface area contributed by atoms with Crippen LogP contribution in [0.4, 0.5) is 5.69 Å². The summed E-state index contributed by atoms with van der Waals surface area (Å²) in [5.41, 5.74) is 2.96. The number of nitriles is 1. The Labute approximate surface area is 117 Å². The van der Waals surface area contributed by atoms with Crippen molar-refractivity contribution in [1.29, 1.82) is 5.26 Å². The van der Waals surface area contributed by atoms with Crippen LogP contribution in [0.3, 0.4) is 0 Å². The summed E-state index contributed by atoms with van der Waals surface area (Å²) in [7, 11) is 2.06. The highest BCUT2D eigenvalue weighted by Crippen LogP contribution is 2.21. The minimum absolute atomic E-state index is 0.681. The molecule has 0 heterocycles. The van der Waals surface area contributed by atoms with Crippen molar-refractivity contribution in [2.45, 2.75) is 33.7 Å². The van der Waals surface area contributed by atoms with Gasteiger partial charge in [-0.2, -0.15) is 5.26 Å². The summed E-state index contributed by atoms with van der Waals surface area (Å²) in [6.45, 7) is 9.27. The molecule has 0 saturated carbocycles. The monoisotopic (exact) mass is 259 g/mol. The molecule has 0 aliphatic rings. The zero-order chi connectivity index (χ0) is 14.3. The van der Waals surface area contributed by atoms with Gasteiger partial charge in [0.25, 0.3) is 0 Å². The van der Waals surface area contributed by atoms with E-state index in [1.165, 1.54) is 5.56 Å². The summed E-state index contributed by atoms with van der Waals surface area (Å²) in [5.74, 6) is 0.681. The third-order valence-electron chi connectivity index (χ3n) is 3.21. The third-order valence-corrected chi connectivity index (χ3v) is 3.21. The van der Waals surface area contributed by atoms with E-state index in [1.807, 2.05) is 6.07 Å². The number of nitrogens with one attached hydrogen (secondary N) is 1. The van der Waals surface area contributed by atoms with Gasteiger partial charge in [0.1, 0.15) is 6.07 Å². The fourth-order valence-electron chi connectivity index (χ4n) is 1.96. The van der Waals surface area contributed by atoms with Crippen molar-refractivity contribution in [3.8, 4) is 6.07 Å². The fraction of sp³-hybridized carbons (Fsp3) is 0.562. The second-order valence-corrected chi connectivity index (χ2v) is 5.35. The summed E-state index contributed by atoms with van der Waals surface area (Å²) < 4.78 is 0. The Bertz CT molecular complexity index is 432. The number of benzene rings is 1. The second-order valence-electron chi connectivity index (χ2n) is 5.35. The van der Waals surface area contributed by atoms with Gasteiger partial charge in [-0.3, -0.25) is 0 Å². The van der Waals surface area contributed by atoms with E-state index in [4.69, 9.17) is 0 Å². The molecule has 0 bridgehead atoms. The van der Waals surface area contributed by atoms with Gasteiger partial charge in [-0.05, 0) is 36.6 Å². The molecule has 0 radical (unpaired) electrons. The molecule has 3 nitrogen and oxygen atoms in total. The van der Waals surface area contributed by atoms with Crippen LogP contribution in [0.25, 0.3) is 0 Å². The predicted octanol–water partition coefficient (Wildman–Crippen LogP) is 3.15. The van der Waals surface area contributed by atoms with E-state index in [2.05, 4.69) is 56.2 Å². The van der Waals surface area contributed by atoms with Crippen LogP contribution in [0.1, 0.15) is 38.3 Å². The Morgan fingerprint density at radius 3 is 2.68 bits per heavy atom. The van der Waals surface area contributed by atoms with Gasteiger partial charge in [0, 0.05) is 20.1 Å². The molecule has 0 atom stereocenters. The maximum atomic E-state index is 9.30. The smallest absolute Gasteiger partial charge is 0.101 e. The number of hydrogen-bond acceptors (Lipinski definition) is 3. The van der Waals surface area contributed by atoms with Gasteiger partial charge in [0.2, 0.25) is 0 Å². The number of hydrogen-bond donors (Lipinski definition) is 1. The zero-order valence-corrected chi connectivity index (χ0v) is 12.5. The summed E-state index contributed by atoms with van der Waals surface area (Å²) in [4.78, 5) is 2.18.